The van der Waals surface area contributed by atoms with Crippen LogP contribution < -0.4 is 10.6 Å². The molecule has 1 aromatic rings. The van der Waals surface area contributed by atoms with Crippen LogP contribution >= 0.6 is 11.3 Å². The molecule has 0 amide bonds. The van der Waals surface area contributed by atoms with Crippen molar-refractivity contribution in [2.75, 3.05) is 44.6 Å². The van der Waals surface area contributed by atoms with Gasteiger partial charge in [-0.15, -0.1) is 11.3 Å². The number of piperazine rings is 1. The lowest BCUT2D eigenvalue weighted by atomic mass is 10.2. The van der Waals surface area contributed by atoms with Crippen LogP contribution in [0.2, 0.25) is 0 Å². The molecule has 0 radical (unpaired) electrons. The van der Waals surface area contributed by atoms with Crippen LogP contribution in [0, 0.1) is 0 Å². The topological polar surface area (TPSA) is 27.3 Å². The van der Waals surface area contributed by atoms with Crippen LogP contribution in [0.25, 0.3) is 0 Å². The second kappa shape index (κ2) is 6.89. The first-order valence-corrected chi connectivity index (χ1v) is 7.03. The quantitative estimate of drug-likeness (QED) is 0.742. The van der Waals surface area contributed by atoms with Crippen molar-refractivity contribution in [1.29, 1.82) is 0 Å². The number of anilines is 1. The van der Waals surface area contributed by atoms with E-state index in [-0.39, 0.29) is 0 Å². The van der Waals surface area contributed by atoms with Crippen molar-refractivity contribution in [2.45, 2.75) is 12.8 Å². The van der Waals surface area contributed by atoms with Crippen LogP contribution in [0.5, 0.6) is 0 Å². The van der Waals surface area contributed by atoms with Gasteiger partial charge in [0.1, 0.15) is 0 Å². The van der Waals surface area contributed by atoms with Crippen molar-refractivity contribution in [3.8, 4) is 0 Å². The minimum absolute atomic E-state index is 1.10. The predicted molar refractivity (Wildman–Crippen MR) is 71.4 cm³/mol. The van der Waals surface area contributed by atoms with E-state index in [0.29, 0.717) is 0 Å². The molecule has 3 nitrogen and oxygen atoms in total. The van der Waals surface area contributed by atoms with E-state index in [2.05, 4.69) is 33.0 Å². The van der Waals surface area contributed by atoms with Crippen molar-refractivity contribution in [2.24, 2.45) is 0 Å². The molecule has 0 saturated carbocycles. The number of thiophene rings is 1. The van der Waals surface area contributed by atoms with E-state index in [4.69, 9.17) is 0 Å². The average Bonchev–Trinajstić information content (AvgIpc) is 2.83. The summed E-state index contributed by atoms with van der Waals surface area (Å²) in [7, 11) is 0. The van der Waals surface area contributed by atoms with Gasteiger partial charge in [0.25, 0.3) is 0 Å². The molecule has 1 aromatic heterocycles. The van der Waals surface area contributed by atoms with Crippen molar-refractivity contribution in [1.82, 2.24) is 10.2 Å². The molecule has 0 aromatic carbocycles. The molecule has 0 bridgehead atoms. The second-order valence-corrected chi connectivity index (χ2v) is 5.15. The van der Waals surface area contributed by atoms with Gasteiger partial charge >= 0.3 is 0 Å². The summed E-state index contributed by atoms with van der Waals surface area (Å²) in [5.74, 6) is 0. The third-order valence-corrected chi connectivity index (χ3v) is 3.76. The van der Waals surface area contributed by atoms with Gasteiger partial charge in [0.2, 0.25) is 0 Å². The lowest BCUT2D eigenvalue weighted by Crippen LogP contribution is -2.43. The maximum absolute atomic E-state index is 3.45. The summed E-state index contributed by atoms with van der Waals surface area (Å²) < 4.78 is 0. The zero-order valence-electron chi connectivity index (χ0n) is 9.74. The van der Waals surface area contributed by atoms with E-state index < -0.39 is 0 Å². The summed E-state index contributed by atoms with van der Waals surface area (Å²) in [6.45, 7) is 7.12. The Hall–Kier alpha value is -0.580. The van der Waals surface area contributed by atoms with Gasteiger partial charge in [-0.25, -0.2) is 0 Å². The maximum atomic E-state index is 3.45. The first kappa shape index (κ1) is 11.9. The van der Waals surface area contributed by atoms with Crippen LogP contribution in [-0.2, 0) is 0 Å². The molecular formula is C12H21N3S. The molecule has 1 aliphatic rings. The summed E-state index contributed by atoms with van der Waals surface area (Å²) in [4.78, 5) is 2.56. The van der Waals surface area contributed by atoms with Crippen molar-refractivity contribution in [3.63, 3.8) is 0 Å². The molecule has 1 saturated heterocycles. The molecule has 16 heavy (non-hydrogen) atoms. The summed E-state index contributed by atoms with van der Waals surface area (Å²) in [5.41, 5.74) is 0. The summed E-state index contributed by atoms with van der Waals surface area (Å²) >= 11 is 1.78. The van der Waals surface area contributed by atoms with Gasteiger partial charge in [-0.05, 0) is 36.9 Å². The minimum atomic E-state index is 1.10. The molecule has 90 valence electrons. The Morgan fingerprint density at radius 3 is 2.94 bits per heavy atom. The van der Waals surface area contributed by atoms with E-state index in [1.165, 1.54) is 37.5 Å². The molecule has 0 atom stereocenters. The number of nitrogens with one attached hydrogen (secondary N) is 2. The highest BCUT2D eigenvalue weighted by molar-refractivity contribution is 7.14. The highest BCUT2D eigenvalue weighted by Gasteiger charge is 2.07. The van der Waals surface area contributed by atoms with E-state index >= 15 is 0 Å². The zero-order valence-corrected chi connectivity index (χ0v) is 10.6. The van der Waals surface area contributed by atoms with Gasteiger partial charge in [-0.2, -0.15) is 0 Å². The summed E-state index contributed by atoms with van der Waals surface area (Å²) in [6.07, 6.45) is 2.57. The zero-order chi connectivity index (χ0) is 11.1. The number of hydrogen-bond donors (Lipinski definition) is 2. The fourth-order valence-corrected chi connectivity index (χ4v) is 2.63. The Morgan fingerprint density at radius 2 is 2.19 bits per heavy atom. The van der Waals surface area contributed by atoms with E-state index in [9.17, 15) is 0 Å². The Labute approximate surface area is 102 Å². The summed E-state index contributed by atoms with van der Waals surface area (Å²) in [6, 6.07) is 4.23. The largest absolute Gasteiger partial charge is 0.377 e. The normalized spacial score (nSPS) is 17.5. The molecule has 2 rings (SSSR count). The number of rotatable bonds is 6. The lowest BCUT2D eigenvalue weighted by Gasteiger charge is -2.27. The molecule has 0 unspecified atom stereocenters. The Kier molecular flexibility index (Phi) is 5.12. The van der Waals surface area contributed by atoms with Gasteiger partial charge in [0.15, 0.2) is 0 Å². The van der Waals surface area contributed by atoms with Crippen molar-refractivity contribution in [3.05, 3.63) is 17.5 Å². The SMILES string of the molecule is c1csc(NCCCCN2CCNCC2)c1. The molecule has 4 heteroatoms. The molecule has 2 heterocycles. The number of hydrogen-bond acceptors (Lipinski definition) is 4. The third-order valence-electron chi connectivity index (χ3n) is 2.93. The van der Waals surface area contributed by atoms with Gasteiger partial charge in [0, 0.05) is 32.7 Å². The van der Waals surface area contributed by atoms with Gasteiger partial charge in [0.05, 0.1) is 5.00 Å². The number of nitrogens with zero attached hydrogens (tertiary/aromatic N) is 1. The van der Waals surface area contributed by atoms with Crippen LogP contribution in [-0.4, -0.2) is 44.2 Å². The molecule has 2 N–H and O–H groups in total. The second-order valence-electron chi connectivity index (χ2n) is 4.20. The fraction of sp³-hybridized carbons (Fsp3) is 0.667. The fourth-order valence-electron chi connectivity index (χ4n) is 1.99. The maximum Gasteiger partial charge on any atom is 0.0882 e. The predicted octanol–water partition coefficient (Wildman–Crippen LogP) is 1.85. The van der Waals surface area contributed by atoms with Crippen LogP contribution in [0.3, 0.4) is 0 Å². The number of unbranched alkanes of at least 4 members (excludes halogenated alkanes) is 1. The minimum Gasteiger partial charge on any atom is -0.377 e. The van der Waals surface area contributed by atoms with Gasteiger partial charge in [-0.3, -0.25) is 0 Å². The van der Waals surface area contributed by atoms with Crippen molar-refractivity contribution < 1.29 is 0 Å². The molecular weight excluding hydrogens is 218 g/mol. The first-order valence-electron chi connectivity index (χ1n) is 6.15. The Balaban J connectivity index is 1.48. The van der Waals surface area contributed by atoms with Crippen molar-refractivity contribution >= 4 is 16.3 Å². The van der Waals surface area contributed by atoms with Crippen LogP contribution in [0.1, 0.15) is 12.8 Å². The molecule has 1 fully saturated rings. The molecule has 0 spiro atoms. The highest BCUT2D eigenvalue weighted by atomic mass is 32.1. The van der Waals surface area contributed by atoms with E-state index in [0.717, 1.165) is 19.6 Å². The molecule has 0 aliphatic carbocycles. The van der Waals surface area contributed by atoms with Gasteiger partial charge < -0.3 is 15.5 Å². The Bertz CT molecular complexity index is 268. The van der Waals surface area contributed by atoms with Gasteiger partial charge in [-0.1, -0.05) is 0 Å². The monoisotopic (exact) mass is 239 g/mol. The molecule has 1 aliphatic heterocycles. The highest BCUT2D eigenvalue weighted by Crippen LogP contribution is 2.14. The third kappa shape index (κ3) is 4.12. The van der Waals surface area contributed by atoms with Crippen LogP contribution in [0.4, 0.5) is 5.00 Å². The standard InChI is InChI=1S/C12H21N3S/c1(5-14-12-4-3-11-16-12)2-8-15-9-6-13-7-10-15/h3-4,11,13-14H,1-2,5-10H2. The van der Waals surface area contributed by atoms with E-state index in [1.54, 1.807) is 11.3 Å². The smallest absolute Gasteiger partial charge is 0.0882 e. The average molecular weight is 239 g/mol. The summed E-state index contributed by atoms with van der Waals surface area (Å²) in [5, 5.41) is 10.2. The first-order chi connectivity index (χ1) is 7.95. The Morgan fingerprint density at radius 1 is 1.31 bits per heavy atom. The van der Waals surface area contributed by atoms with E-state index in [1.807, 2.05) is 0 Å². The lowest BCUT2D eigenvalue weighted by molar-refractivity contribution is 0.237. The van der Waals surface area contributed by atoms with Crippen LogP contribution in [0.15, 0.2) is 17.5 Å².